The number of benzene rings is 2. The molecule has 1 amide bonds. The summed E-state index contributed by atoms with van der Waals surface area (Å²) in [5.41, 5.74) is 2.86. The monoisotopic (exact) mass is 373 g/mol. The molecule has 0 saturated carbocycles. The Bertz CT molecular complexity index is 1060. The van der Waals surface area contributed by atoms with Gasteiger partial charge in [-0.15, -0.1) is 0 Å². The number of nitrogens with one attached hydrogen (secondary N) is 1. The third-order valence-corrected chi connectivity index (χ3v) is 5.55. The number of likely N-dealkylation sites (tertiary alicyclic amines) is 1. The number of hydrogen-bond acceptors (Lipinski definition) is 4. The van der Waals surface area contributed by atoms with Crippen molar-refractivity contribution in [1.82, 2.24) is 15.1 Å². The number of carbonyl (C=O) groups is 2. The van der Waals surface area contributed by atoms with Gasteiger partial charge in [0.15, 0.2) is 5.60 Å². The number of piperidine rings is 1. The van der Waals surface area contributed by atoms with Crippen LogP contribution in [-0.2, 0) is 10.3 Å². The highest BCUT2D eigenvalue weighted by Gasteiger charge is 2.48. The smallest absolute Gasteiger partial charge is 0.339 e. The van der Waals surface area contributed by atoms with E-state index in [0.717, 1.165) is 29.7 Å². The Kier molecular flexibility index (Phi) is 3.79. The van der Waals surface area contributed by atoms with Gasteiger partial charge < -0.3 is 9.64 Å². The second kappa shape index (κ2) is 6.34. The summed E-state index contributed by atoms with van der Waals surface area (Å²) < 4.78 is 5.79. The number of nitrogens with zero attached hydrogens (tertiary/aromatic N) is 2. The van der Waals surface area contributed by atoms with Crippen molar-refractivity contribution >= 4 is 11.9 Å². The summed E-state index contributed by atoms with van der Waals surface area (Å²) in [4.78, 5) is 27.1. The summed E-state index contributed by atoms with van der Waals surface area (Å²) in [6, 6.07) is 18.9. The predicted octanol–water partition coefficient (Wildman–Crippen LogP) is 3.38. The number of H-pyrrole nitrogens is 1. The van der Waals surface area contributed by atoms with Gasteiger partial charge in [0.2, 0.25) is 0 Å². The molecule has 3 heterocycles. The molecule has 0 aliphatic carbocycles. The van der Waals surface area contributed by atoms with Crippen LogP contribution in [-0.4, -0.2) is 40.1 Å². The summed E-state index contributed by atoms with van der Waals surface area (Å²) in [7, 11) is 0. The number of ether oxygens (including phenoxy) is 1. The third-order valence-electron chi connectivity index (χ3n) is 5.55. The fourth-order valence-corrected chi connectivity index (χ4v) is 4.20. The van der Waals surface area contributed by atoms with Crippen molar-refractivity contribution in [3.05, 3.63) is 77.5 Å². The van der Waals surface area contributed by atoms with Gasteiger partial charge in [0.05, 0.1) is 17.8 Å². The van der Waals surface area contributed by atoms with Crippen LogP contribution in [0, 0.1) is 0 Å². The first-order valence-electron chi connectivity index (χ1n) is 9.39. The van der Waals surface area contributed by atoms with E-state index in [1.165, 1.54) is 0 Å². The number of carbonyl (C=O) groups excluding carboxylic acids is 2. The zero-order chi connectivity index (χ0) is 19.1. The highest BCUT2D eigenvalue weighted by Crippen LogP contribution is 2.43. The van der Waals surface area contributed by atoms with E-state index in [1.807, 2.05) is 48.5 Å². The van der Waals surface area contributed by atoms with Gasteiger partial charge >= 0.3 is 5.97 Å². The van der Waals surface area contributed by atoms with Crippen molar-refractivity contribution in [2.45, 2.75) is 18.4 Å². The van der Waals surface area contributed by atoms with Gasteiger partial charge in [-0.25, -0.2) is 4.79 Å². The molecule has 1 unspecified atom stereocenters. The molecule has 1 fully saturated rings. The van der Waals surface area contributed by atoms with Crippen LogP contribution < -0.4 is 0 Å². The van der Waals surface area contributed by atoms with Crippen LogP contribution in [0.1, 0.15) is 39.3 Å². The molecule has 1 atom stereocenters. The molecule has 28 heavy (non-hydrogen) atoms. The molecule has 1 aromatic heterocycles. The highest BCUT2D eigenvalue weighted by atomic mass is 16.6. The van der Waals surface area contributed by atoms with E-state index in [-0.39, 0.29) is 11.9 Å². The molecule has 1 N–H and O–H groups in total. The largest absolute Gasteiger partial charge is 0.449 e. The van der Waals surface area contributed by atoms with Crippen LogP contribution in [0.3, 0.4) is 0 Å². The van der Waals surface area contributed by atoms with E-state index in [9.17, 15) is 9.59 Å². The fraction of sp³-hybridized carbons (Fsp3) is 0.227. The minimum atomic E-state index is -0.746. The van der Waals surface area contributed by atoms with Gasteiger partial charge in [-0.05, 0) is 25.0 Å². The molecule has 3 aromatic rings. The van der Waals surface area contributed by atoms with Crippen molar-refractivity contribution in [3.63, 3.8) is 0 Å². The molecule has 140 valence electrons. The Balaban J connectivity index is 1.41. The van der Waals surface area contributed by atoms with Crippen molar-refractivity contribution in [2.75, 3.05) is 13.1 Å². The number of aromatic nitrogens is 2. The Morgan fingerprint density at radius 3 is 2.75 bits per heavy atom. The molecule has 2 aliphatic heterocycles. The summed E-state index contributed by atoms with van der Waals surface area (Å²) in [5, 5.41) is 7.14. The SMILES string of the molecule is O=C1OC2(CCCN(C(=O)c3cc(-c4ccccc4)n[nH]3)C2)c2ccccc21. The second-order valence-electron chi connectivity index (χ2n) is 7.29. The standard InChI is InChI=1S/C22H19N3O3/c26-20(19-13-18(23-24-19)15-7-2-1-3-8-15)25-12-6-11-22(14-25)17-10-5-4-9-16(17)21(27)28-22/h1-5,7-10,13H,6,11-12,14H2,(H,23,24). The van der Waals surface area contributed by atoms with E-state index in [2.05, 4.69) is 10.2 Å². The van der Waals surface area contributed by atoms with Gasteiger partial charge in [-0.2, -0.15) is 5.10 Å². The maximum atomic E-state index is 13.1. The molecular weight excluding hydrogens is 354 g/mol. The average molecular weight is 373 g/mol. The third kappa shape index (κ3) is 2.60. The summed E-state index contributed by atoms with van der Waals surface area (Å²) in [5.74, 6) is -0.438. The topological polar surface area (TPSA) is 75.3 Å². The zero-order valence-corrected chi connectivity index (χ0v) is 15.2. The van der Waals surface area contributed by atoms with Gasteiger partial charge in [0, 0.05) is 17.7 Å². The van der Waals surface area contributed by atoms with E-state index in [1.54, 1.807) is 17.0 Å². The van der Waals surface area contributed by atoms with Crippen molar-refractivity contribution in [2.24, 2.45) is 0 Å². The quantitative estimate of drug-likeness (QED) is 0.699. The van der Waals surface area contributed by atoms with Crippen LogP contribution in [0.2, 0.25) is 0 Å². The Labute approximate surface area is 162 Å². The highest BCUT2D eigenvalue weighted by molar-refractivity contribution is 5.96. The Morgan fingerprint density at radius 2 is 1.89 bits per heavy atom. The van der Waals surface area contributed by atoms with Gasteiger partial charge in [-0.1, -0.05) is 48.5 Å². The van der Waals surface area contributed by atoms with E-state index in [0.29, 0.717) is 24.3 Å². The lowest BCUT2D eigenvalue weighted by Gasteiger charge is -2.39. The molecule has 1 spiro atoms. The minimum absolute atomic E-state index is 0.130. The first-order valence-corrected chi connectivity index (χ1v) is 9.39. The van der Waals surface area contributed by atoms with Gasteiger partial charge in [-0.3, -0.25) is 9.89 Å². The van der Waals surface area contributed by atoms with E-state index < -0.39 is 5.60 Å². The molecule has 0 radical (unpaired) electrons. The van der Waals surface area contributed by atoms with Crippen LogP contribution >= 0.6 is 0 Å². The number of amides is 1. The van der Waals surface area contributed by atoms with Crippen molar-refractivity contribution < 1.29 is 14.3 Å². The Hall–Kier alpha value is -3.41. The van der Waals surface area contributed by atoms with Crippen LogP contribution in [0.4, 0.5) is 0 Å². The van der Waals surface area contributed by atoms with Crippen molar-refractivity contribution in [1.29, 1.82) is 0 Å². The first kappa shape index (κ1) is 16.7. The maximum absolute atomic E-state index is 13.1. The van der Waals surface area contributed by atoms with Crippen LogP contribution in [0.5, 0.6) is 0 Å². The lowest BCUT2D eigenvalue weighted by Crippen LogP contribution is -2.48. The fourth-order valence-electron chi connectivity index (χ4n) is 4.20. The second-order valence-corrected chi connectivity index (χ2v) is 7.29. The number of rotatable bonds is 2. The summed E-state index contributed by atoms with van der Waals surface area (Å²) in [6.07, 6.45) is 1.49. The normalized spacial score (nSPS) is 20.9. The van der Waals surface area contributed by atoms with Crippen molar-refractivity contribution in [3.8, 4) is 11.3 Å². The molecule has 6 heteroatoms. The molecule has 0 bridgehead atoms. The number of fused-ring (bicyclic) bond motifs is 2. The molecule has 2 aliphatic rings. The lowest BCUT2D eigenvalue weighted by atomic mass is 9.85. The minimum Gasteiger partial charge on any atom is -0.449 e. The zero-order valence-electron chi connectivity index (χ0n) is 15.2. The lowest BCUT2D eigenvalue weighted by molar-refractivity contribution is -0.0443. The molecule has 5 rings (SSSR count). The summed E-state index contributed by atoms with van der Waals surface area (Å²) >= 11 is 0. The van der Waals surface area contributed by atoms with Crippen LogP contribution in [0.25, 0.3) is 11.3 Å². The van der Waals surface area contributed by atoms with E-state index in [4.69, 9.17) is 4.74 Å². The maximum Gasteiger partial charge on any atom is 0.339 e. The molecule has 2 aromatic carbocycles. The molecule has 6 nitrogen and oxygen atoms in total. The average Bonchev–Trinajstić information content (AvgIpc) is 3.33. The molecular formula is C22H19N3O3. The van der Waals surface area contributed by atoms with Gasteiger partial charge in [0.1, 0.15) is 5.69 Å². The Morgan fingerprint density at radius 1 is 1.11 bits per heavy atom. The predicted molar refractivity (Wildman–Crippen MR) is 103 cm³/mol. The number of hydrogen-bond donors (Lipinski definition) is 1. The summed E-state index contributed by atoms with van der Waals surface area (Å²) in [6.45, 7) is 0.980. The van der Waals surface area contributed by atoms with Gasteiger partial charge in [0.25, 0.3) is 5.91 Å². The number of esters is 1. The van der Waals surface area contributed by atoms with E-state index >= 15 is 0 Å². The van der Waals surface area contributed by atoms with Crippen LogP contribution in [0.15, 0.2) is 60.7 Å². The number of aromatic amines is 1. The first-order chi connectivity index (χ1) is 13.7. The molecule has 1 saturated heterocycles.